The number of ether oxygens (including phenoxy) is 1. The third kappa shape index (κ3) is 3.28. The molecule has 0 aliphatic carbocycles. The number of nitrogens with zero attached hydrogens (tertiary/aromatic N) is 2. The molecule has 4 heteroatoms. The van der Waals surface area contributed by atoms with Gasteiger partial charge in [0.15, 0.2) is 0 Å². The summed E-state index contributed by atoms with van der Waals surface area (Å²) in [5.41, 5.74) is 3.32. The molecule has 0 saturated carbocycles. The Bertz CT molecular complexity index is 389. The van der Waals surface area contributed by atoms with Crippen LogP contribution in [0.3, 0.4) is 0 Å². The minimum absolute atomic E-state index is 0.178. The minimum atomic E-state index is 0.178. The van der Waals surface area contributed by atoms with E-state index in [0.717, 1.165) is 37.4 Å². The zero-order valence-electron chi connectivity index (χ0n) is 11.2. The van der Waals surface area contributed by atoms with E-state index in [9.17, 15) is 0 Å². The fourth-order valence-electron chi connectivity index (χ4n) is 2.37. The van der Waals surface area contributed by atoms with Crippen molar-refractivity contribution in [3.8, 4) is 0 Å². The quantitative estimate of drug-likeness (QED) is 0.863. The largest absolute Gasteiger partial charge is 0.395 e. The van der Waals surface area contributed by atoms with Gasteiger partial charge in [-0.15, -0.1) is 0 Å². The Labute approximate surface area is 109 Å². The monoisotopic (exact) mass is 250 g/mol. The van der Waals surface area contributed by atoms with Crippen molar-refractivity contribution in [2.45, 2.75) is 32.4 Å². The zero-order chi connectivity index (χ0) is 13.0. The number of aromatic nitrogens is 1. The lowest BCUT2D eigenvalue weighted by molar-refractivity contribution is 0.110. The molecular formula is C14H22N2O2. The summed E-state index contributed by atoms with van der Waals surface area (Å²) in [6, 6.07) is 4.19. The van der Waals surface area contributed by atoms with Gasteiger partial charge in [0, 0.05) is 31.0 Å². The smallest absolute Gasteiger partial charge is 0.0843 e. The van der Waals surface area contributed by atoms with E-state index >= 15 is 0 Å². The molecule has 1 aromatic heterocycles. The number of aliphatic hydroxyl groups excluding tert-OH is 1. The summed E-state index contributed by atoms with van der Waals surface area (Å²) in [5.74, 6) is 0. The van der Waals surface area contributed by atoms with Crippen LogP contribution in [0.25, 0.3) is 0 Å². The van der Waals surface area contributed by atoms with Crippen molar-refractivity contribution in [2.75, 3.05) is 26.8 Å². The summed E-state index contributed by atoms with van der Waals surface area (Å²) in [7, 11) is 2.00. The van der Waals surface area contributed by atoms with Crippen molar-refractivity contribution < 1.29 is 9.84 Å². The second kappa shape index (κ2) is 6.27. The SMILES string of the molecule is Cc1ccc(C2CCCO2)c(CN(C)CCO)n1. The second-order valence-corrected chi connectivity index (χ2v) is 4.95. The molecule has 1 unspecified atom stereocenters. The Morgan fingerprint density at radius 1 is 1.50 bits per heavy atom. The van der Waals surface area contributed by atoms with Gasteiger partial charge >= 0.3 is 0 Å². The van der Waals surface area contributed by atoms with Crippen molar-refractivity contribution in [3.63, 3.8) is 0 Å². The van der Waals surface area contributed by atoms with E-state index in [1.54, 1.807) is 0 Å². The predicted molar refractivity (Wildman–Crippen MR) is 70.3 cm³/mol. The molecule has 1 fully saturated rings. The second-order valence-electron chi connectivity index (χ2n) is 4.95. The third-order valence-electron chi connectivity index (χ3n) is 3.33. The van der Waals surface area contributed by atoms with Gasteiger partial charge in [-0.05, 0) is 32.9 Å². The van der Waals surface area contributed by atoms with Crippen LogP contribution in [-0.4, -0.2) is 41.8 Å². The molecule has 0 aromatic carbocycles. The number of hydrogen-bond acceptors (Lipinski definition) is 4. The average Bonchev–Trinajstić information content (AvgIpc) is 2.83. The van der Waals surface area contributed by atoms with E-state index in [0.29, 0.717) is 6.54 Å². The van der Waals surface area contributed by atoms with Gasteiger partial charge in [-0.3, -0.25) is 9.88 Å². The first-order chi connectivity index (χ1) is 8.70. The summed E-state index contributed by atoms with van der Waals surface area (Å²) in [4.78, 5) is 6.72. The van der Waals surface area contributed by atoms with Crippen LogP contribution in [0.4, 0.5) is 0 Å². The molecule has 1 aromatic rings. The van der Waals surface area contributed by atoms with E-state index < -0.39 is 0 Å². The van der Waals surface area contributed by atoms with E-state index in [2.05, 4.69) is 16.0 Å². The lowest BCUT2D eigenvalue weighted by Gasteiger charge is -2.20. The standard InChI is InChI=1S/C14H22N2O2/c1-11-5-6-12(14-4-3-9-18-14)13(15-11)10-16(2)7-8-17/h5-6,14,17H,3-4,7-10H2,1-2H3. The van der Waals surface area contributed by atoms with Gasteiger partial charge in [-0.2, -0.15) is 0 Å². The van der Waals surface area contributed by atoms with Crippen LogP contribution in [0.2, 0.25) is 0 Å². The van der Waals surface area contributed by atoms with Gasteiger partial charge in [0.05, 0.1) is 18.4 Å². The van der Waals surface area contributed by atoms with Crippen LogP contribution < -0.4 is 0 Å². The molecule has 0 amide bonds. The fourth-order valence-corrected chi connectivity index (χ4v) is 2.37. The van der Waals surface area contributed by atoms with Gasteiger partial charge < -0.3 is 9.84 Å². The predicted octanol–water partition coefficient (Wildman–Crippen LogP) is 1.67. The van der Waals surface area contributed by atoms with E-state index in [1.165, 1.54) is 5.56 Å². The number of aliphatic hydroxyl groups is 1. The normalized spacial score (nSPS) is 19.7. The van der Waals surface area contributed by atoms with Gasteiger partial charge in [-0.25, -0.2) is 0 Å². The van der Waals surface area contributed by atoms with E-state index in [1.807, 2.05) is 20.0 Å². The molecule has 1 saturated heterocycles. The fraction of sp³-hybridized carbons (Fsp3) is 0.643. The molecule has 2 heterocycles. The highest BCUT2D eigenvalue weighted by molar-refractivity contribution is 5.25. The molecule has 18 heavy (non-hydrogen) atoms. The molecule has 1 N–H and O–H groups in total. The number of aryl methyl sites for hydroxylation is 1. The molecule has 1 atom stereocenters. The first kappa shape index (κ1) is 13.5. The van der Waals surface area contributed by atoms with E-state index in [4.69, 9.17) is 9.84 Å². The lowest BCUT2D eigenvalue weighted by Crippen LogP contribution is -2.23. The molecule has 4 nitrogen and oxygen atoms in total. The third-order valence-corrected chi connectivity index (χ3v) is 3.33. The number of rotatable bonds is 5. The average molecular weight is 250 g/mol. The van der Waals surface area contributed by atoms with Crippen molar-refractivity contribution in [3.05, 3.63) is 29.1 Å². The lowest BCUT2D eigenvalue weighted by atomic mass is 10.0. The maximum absolute atomic E-state index is 8.96. The van der Waals surface area contributed by atoms with Crippen molar-refractivity contribution in [1.29, 1.82) is 0 Å². The molecule has 1 aliphatic rings. The molecule has 0 spiro atoms. The van der Waals surface area contributed by atoms with Crippen molar-refractivity contribution in [2.24, 2.45) is 0 Å². The Morgan fingerprint density at radius 3 is 3.00 bits per heavy atom. The maximum atomic E-state index is 8.96. The maximum Gasteiger partial charge on any atom is 0.0843 e. The van der Waals surface area contributed by atoms with Crippen LogP contribution in [0.15, 0.2) is 12.1 Å². The summed E-state index contributed by atoms with van der Waals surface area (Å²) in [5, 5.41) is 8.96. The van der Waals surface area contributed by atoms with Crippen LogP contribution in [0.1, 0.15) is 35.9 Å². The zero-order valence-corrected chi connectivity index (χ0v) is 11.2. The number of likely N-dealkylation sites (N-methyl/N-ethyl adjacent to an activating group) is 1. The van der Waals surface area contributed by atoms with Crippen molar-refractivity contribution >= 4 is 0 Å². The highest BCUT2D eigenvalue weighted by Crippen LogP contribution is 2.30. The van der Waals surface area contributed by atoms with Gasteiger partial charge in [0.2, 0.25) is 0 Å². The molecule has 0 radical (unpaired) electrons. The Kier molecular flexibility index (Phi) is 4.69. The minimum Gasteiger partial charge on any atom is -0.395 e. The topological polar surface area (TPSA) is 45.6 Å². The van der Waals surface area contributed by atoms with Crippen LogP contribution in [-0.2, 0) is 11.3 Å². The summed E-state index contributed by atoms with van der Waals surface area (Å²) >= 11 is 0. The Morgan fingerprint density at radius 2 is 2.33 bits per heavy atom. The first-order valence-electron chi connectivity index (χ1n) is 6.58. The Hall–Kier alpha value is -0.970. The van der Waals surface area contributed by atoms with Crippen molar-refractivity contribution in [1.82, 2.24) is 9.88 Å². The van der Waals surface area contributed by atoms with Gasteiger partial charge in [-0.1, -0.05) is 6.07 Å². The van der Waals surface area contributed by atoms with Gasteiger partial charge in [0.1, 0.15) is 0 Å². The molecule has 2 rings (SSSR count). The molecule has 0 bridgehead atoms. The highest BCUT2D eigenvalue weighted by Gasteiger charge is 2.21. The summed E-state index contributed by atoms with van der Waals surface area (Å²) in [6.45, 7) is 4.47. The summed E-state index contributed by atoms with van der Waals surface area (Å²) < 4.78 is 5.75. The van der Waals surface area contributed by atoms with Gasteiger partial charge in [0.25, 0.3) is 0 Å². The number of hydrogen-bond donors (Lipinski definition) is 1. The highest BCUT2D eigenvalue weighted by atomic mass is 16.5. The molecule has 100 valence electrons. The van der Waals surface area contributed by atoms with Crippen LogP contribution >= 0.6 is 0 Å². The van der Waals surface area contributed by atoms with Crippen LogP contribution in [0.5, 0.6) is 0 Å². The van der Waals surface area contributed by atoms with E-state index in [-0.39, 0.29) is 12.7 Å². The molecule has 1 aliphatic heterocycles. The van der Waals surface area contributed by atoms with Crippen LogP contribution in [0, 0.1) is 6.92 Å². The molecular weight excluding hydrogens is 228 g/mol. The first-order valence-corrected chi connectivity index (χ1v) is 6.58. The number of pyridine rings is 1. The Balaban J connectivity index is 2.17. The summed E-state index contributed by atoms with van der Waals surface area (Å²) in [6.07, 6.45) is 2.42.